The predicted octanol–water partition coefficient (Wildman–Crippen LogP) is 3.94. The first-order valence-electron chi connectivity index (χ1n) is 11.3. The molecule has 1 fully saturated rings. The van der Waals surface area contributed by atoms with Crippen molar-refractivity contribution in [3.63, 3.8) is 0 Å². The average molecular weight is 573 g/mol. The van der Waals surface area contributed by atoms with Gasteiger partial charge in [-0.3, -0.25) is 9.89 Å². The third-order valence-corrected chi connectivity index (χ3v) is 6.40. The van der Waals surface area contributed by atoms with E-state index in [4.69, 9.17) is 9.47 Å². The van der Waals surface area contributed by atoms with E-state index in [1.807, 2.05) is 24.5 Å². The van der Waals surface area contributed by atoms with Gasteiger partial charge in [-0.2, -0.15) is 0 Å². The standard InChI is InChI=1S/C24H36N4O2S.HI/c1-25-24(26-12-5-6-15-29-16-11-21-8-3-2-4-9-21)27-20-22(23-10-7-19-31-23)28-13-17-30-18-14-28;/h2-4,7-10,19,22H,5-6,11-18,20H2,1H3,(H2,25,26,27);1H. The lowest BCUT2D eigenvalue weighted by Gasteiger charge is -2.34. The summed E-state index contributed by atoms with van der Waals surface area (Å²) >= 11 is 1.82. The van der Waals surface area contributed by atoms with E-state index >= 15 is 0 Å². The van der Waals surface area contributed by atoms with Crippen molar-refractivity contribution in [1.29, 1.82) is 0 Å². The molecule has 1 aromatic heterocycles. The number of guanidine groups is 1. The van der Waals surface area contributed by atoms with E-state index in [0.29, 0.717) is 6.04 Å². The van der Waals surface area contributed by atoms with E-state index < -0.39 is 0 Å². The van der Waals surface area contributed by atoms with Gasteiger partial charge in [0.05, 0.1) is 25.9 Å². The van der Waals surface area contributed by atoms with Crippen LogP contribution in [0.3, 0.4) is 0 Å². The van der Waals surface area contributed by atoms with E-state index in [1.54, 1.807) is 0 Å². The highest BCUT2D eigenvalue weighted by Crippen LogP contribution is 2.25. The number of aliphatic imine (C=N–C) groups is 1. The number of rotatable bonds is 12. The lowest BCUT2D eigenvalue weighted by Crippen LogP contribution is -2.46. The first-order valence-corrected chi connectivity index (χ1v) is 12.2. The van der Waals surface area contributed by atoms with Crippen molar-refractivity contribution in [2.45, 2.75) is 25.3 Å². The zero-order valence-electron chi connectivity index (χ0n) is 19.0. The number of hydrogen-bond acceptors (Lipinski definition) is 5. The average Bonchev–Trinajstić information content (AvgIpc) is 3.35. The number of unbranched alkanes of at least 4 members (excludes halogenated alkanes) is 1. The lowest BCUT2D eigenvalue weighted by molar-refractivity contribution is 0.0177. The summed E-state index contributed by atoms with van der Waals surface area (Å²) in [5.41, 5.74) is 1.33. The molecule has 3 rings (SSSR count). The second kappa shape index (κ2) is 16.4. The Bertz CT molecular complexity index is 740. The van der Waals surface area contributed by atoms with Crippen molar-refractivity contribution in [2.75, 3.05) is 59.7 Å². The minimum Gasteiger partial charge on any atom is -0.381 e. The Balaban J connectivity index is 0.00000363. The third-order valence-electron chi connectivity index (χ3n) is 5.43. The Labute approximate surface area is 213 Å². The summed E-state index contributed by atoms with van der Waals surface area (Å²) < 4.78 is 11.3. The maximum atomic E-state index is 5.77. The zero-order valence-corrected chi connectivity index (χ0v) is 22.1. The molecular formula is C24H37IN4O2S. The van der Waals surface area contributed by atoms with Crippen LogP contribution in [0.2, 0.25) is 0 Å². The summed E-state index contributed by atoms with van der Waals surface area (Å²) in [7, 11) is 1.83. The molecule has 0 saturated carbocycles. The first kappa shape index (κ1) is 27.0. The van der Waals surface area contributed by atoms with Crippen molar-refractivity contribution in [3.8, 4) is 0 Å². The minimum absolute atomic E-state index is 0. The molecule has 0 bridgehead atoms. The van der Waals surface area contributed by atoms with Gasteiger partial charge in [0.15, 0.2) is 5.96 Å². The Morgan fingerprint density at radius 1 is 1.09 bits per heavy atom. The molecule has 1 aliphatic rings. The molecule has 2 N–H and O–H groups in total. The van der Waals surface area contributed by atoms with E-state index in [9.17, 15) is 0 Å². The van der Waals surface area contributed by atoms with Crippen molar-refractivity contribution >= 4 is 41.3 Å². The van der Waals surface area contributed by atoms with Gasteiger partial charge in [0, 0.05) is 44.7 Å². The summed E-state index contributed by atoms with van der Waals surface area (Å²) in [5, 5.41) is 9.10. The van der Waals surface area contributed by atoms with Gasteiger partial charge in [0.1, 0.15) is 0 Å². The molecule has 178 valence electrons. The smallest absolute Gasteiger partial charge is 0.191 e. The van der Waals surface area contributed by atoms with Crippen LogP contribution in [0, 0.1) is 0 Å². The normalized spacial score (nSPS) is 15.7. The molecule has 0 aliphatic carbocycles. The maximum Gasteiger partial charge on any atom is 0.191 e. The van der Waals surface area contributed by atoms with Crippen LogP contribution in [0.5, 0.6) is 0 Å². The zero-order chi connectivity index (χ0) is 21.6. The van der Waals surface area contributed by atoms with Crippen LogP contribution in [0.15, 0.2) is 52.8 Å². The predicted molar refractivity (Wildman–Crippen MR) is 144 cm³/mol. The van der Waals surface area contributed by atoms with Crippen LogP contribution in [0.25, 0.3) is 0 Å². The van der Waals surface area contributed by atoms with E-state index in [2.05, 4.69) is 62.3 Å². The van der Waals surface area contributed by atoms with Crippen LogP contribution < -0.4 is 10.6 Å². The van der Waals surface area contributed by atoms with Gasteiger partial charge in [-0.15, -0.1) is 35.3 Å². The molecule has 0 radical (unpaired) electrons. The Hall–Kier alpha value is -1.20. The Morgan fingerprint density at radius 3 is 2.62 bits per heavy atom. The lowest BCUT2D eigenvalue weighted by atomic mass is 10.2. The summed E-state index contributed by atoms with van der Waals surface area (Å²) in [6.45, 7) is 6.88. The largest absolute Gasteiger partial charge is 0.381 e. The highest BCUT2D eigenvalue weighted by atomic mass is 127. The van der Waals surface area contributed by atoms with Crippen molar-refractivity contribution in [2.24, 2.45) is 4.99 Å². The van der Waals surface area contributed by atoms with Crippen molar-refractivity contribution in [3.05, 3.63) is 58.3 Å². The van der Waals surface area contributed by atoms with Gasteiger partial charge in [0.25, 0.3) is 0 Å². The van der Waals surface area contributed by atoms with Crippen LogP contribution >= 0.6 is 35.3 Å². The molecule has 0 spiro atoms. The fourth-order valence-electron chi connectivity index (χ4n) is 3.67. The summed E-state index contributed by atoms with van der Waals surface area (Å²) in [4.78, 5) is 8.28. The molecule has 6 nitrogen and oxygen atoms in total. The molecule has 2 aromatic rings. The molecule has 8 heteroatoms. The second-order valence-electron chi connectivity index (χ2n) is 7.61. The summed E-state index contributed by atoms with van der Waals surface area (Å²) in [6.07, 6.45) is 3.08. The van der Waals surface area contributed by atoms with Crippen molar-refractivity contribution in [1.82, 2.24) is 15.5 Å². The van der Waals surface area contributed by atoms with Crippen LogP contribution in [0.1, 0.15) is 29.3 Å². The Kier molecular flexibility index (Phi) is 13.9. The quantitative estimate of drug-likeness (QED) is 0.175. The highest BCUT2D eigenvalue weighted by Gasteiger charge is 2.23. The van der Waals surface area contributed by atoms with Crippen LogP contribution in [0.4, 0.5) is 0 Å². The van der Waals surface area contributed by atoms with Crippen LogP contribution in [-0.2, 0) is 15.9 Å². The highest BCUT2D eigenvalue weighted by molar-refractivity contribution is 14.0. The minimum atomic E-state index is 0. The van der Waals surface area contributed by atoms with Gasteiger partial charge in [-0.05, 0) is 36.3 Å². The molecular weight excluding hydrogens is 535 g/mol. The number of ether oxygens (including phenoxy) is 2. The fraction of sp³-hybridized carbons (Fsp3) is 0.542. The molecule has 32 heavy (non-hydrogen) atoms. The van der Waals surface area contributed by atoms with Crippen LogP contribution in [-0.4, -0.2) is 70.5 Å². The molecule has 1 aromatic carbocycles. The van der Waals surface area contributed by atoms with E-state index in [-0.39, 0.29) is 24.0 Å². The number of thiophene rings is 1. The monoisotopic (exact) mass is 572 g/mol. The van der Waals surface area contributed by atoms with Gasteiger partial charge < -0.3 is 20.1 Å². The molecule has 1 atom stereocenters. The molecule has 1 aliphatic heterocycles. The summed E-state index contributed by atoms with van der Waals surface area (Å²) in [6, 6.07) is 15.2. The first-order chi connectivity index (χ1) is 15.4. The SMILES string of the molecule is CN=C(NCCCCOCCc1ccccc1)NCC(c1cccs1)N1CCOCC1.I. The van der Waals surface area contributed by atoms with Gasteiger partial charge >= 0.3 is 0 Å². The number of halogens is 1. The maximum absolute atomic E-state index is 5.77. The fourth-order valence-corrected chi connectivity index (χ4v) is 4.53. The van der Waals surface area contributed by atoms with Gasteiger partial charge in [0.2, 0.25) is 0 Å². The third kappa shape index (κ3) is 9.74. The number of hydrogen-bond donors (Lipinski definition) is 2. The molecule has 0 amide bonds. The number of morpholine rings is 1. The topological polar surface area (TPSA) is 58.1 Å². The number of nitrogens with zero attached hydrogens (tertiary/aromatic N) is 2. The van der Waals surface area contributed by atoms with Crippen molar-refractivity contribution < 1.29 is 9.47 Å². The van der Waals surface area contributed by atoms with E-state index in [0.717, 1.165) is 77.8 Å². The molecule has 1 saturated heterocycles. The second-order valence-corrected chi connectivity index (χ2v) is 8.59. The Morgan fingerprint density at radius 2 is 1.91 bits per heavy atom. The van der Waals surface area contributed by atoms with Gasteiger partial charge in [-0.1, -0.05) is 36.4 Å². The van der Waals surface area contributed by atoms with Gasteiger partial charge in [-0.25, -0.2) is 0 Å². The molecule has 2 heterocycles. The summed E-state index contributed by atoms with van der Waals surface area (Å²) in [5.74, 6) is 0.861. The number of benzene rings is 1. The molecule has 1 unspecified atom stereocenters. The van der Waals surface area contributed by atoms with E-state index in [1.165, 1.54) is 10.4 Å². The number of nitrogens with one attached hydrogen (secondary N) is 2.